The molecule has 4 rings (SSSR count). The van der Waals surface area contributed by atoms with Crippen LogP contribution < -0.4 is 28.4 Å². The van der Waals surface area contributed by atoms with Crippen LogP contribution in [0.15, 0.2) is 104 Å². The van der Waals surface area contributed by atoms with Crippen molar-refractivity contribution in [3.63, 3.8) is 0 Å². The zero-order valence-corrected chi connectivity index (χ0v) is 32.1. The van der Waals surface area contributed by atoms with E-state index in [0.717, 1.165) is 106 Å². The average molecular weight is 849 g/mol. The summed E-state index contributed by atoms with van der Waals surface area (Å²) in [5, 5.41) is 0. The third-order valence-corrected chi connectivity index (χ3v) is 8.86. The largest absolute Gasteiger partial charge is 0.494 e. The van der Waals surface area contributed by atoms with Gasteiger partial charge in [-0.05, 0) is 131 Å². The van der Waals surface area contributed by atoms with Crippen LogP contribution in [0.25, 0.3) is 0 Å². The summed E-state index contributed by atoms with van der Waals surface area (Å²) in [5.74, 6) is 4.96. The van der Waals surface area contributed by atoms with Crippen LogP contribution in [-0.4, -0.2) is 39.6 Å². The number of benzene rings is 4. The summed E-state index contributed by atoms with van der Waals surface area (Å²) in [6.07, 6.45) is 8.80. The molecule has 0 fully saturated rings. The highest BCUT2D eigenvalue weighted by molar-refractivity contribution is 9.11. The summed E-state index contributed by atoms with van der Waals surface area (Å²) in [5.41, 5.74) is 0. The third kappa shape index (κ3) is 16.0. The number of rotatable bonds is 24. The molecule has 0 aromatic heterocycles. The molecule has 9 heteroatoms. The highest BCUT2D eigenvalue weighted by atomic mass is 79.9. The lowest BCUT2D eigenvalue weighted by atomic mass is 10.2. The summed E-state index contributed by atoms with van der Waals surface area (Å²) in [4.78, 5) is 0. The van der Waals surface area contributed by atoms with E-state index in [9.17, 15) is 0 Å². The molecule has 0 amide bonds. The zero-order chi connectivity index (χ0) is 33.7. The first-order valence-electron chi connectivity index (χ1n) is 16.7. The first-order valence-corrected chi connectivity index (χ1v) is 19.1. The van der Waals surface area contributed by atoms with Crippen molar-refractivity contribution in [3.8, 4) is 34.5 Å². The van der Waals surface area contributed by atoms with Gasteiger partial charge in [-0.15, -0.1) is 0 Å². The lowest BCUT2D eigenvalue weighted by Gasteiger charge is -2.14. The van der Waals surface area contributed by atoms with Crippen LogP contribution in [0.1, 0.15) is 57.8 Å². The molecule has 0 saturated heterocycles. The van der Waals surface area contributed by atoms with E-state index in [1.807, 2.05) is 91.0 Å². The topological polar surface area (TPSA) is 55.4 Å². The minimum Gasteiger partial charge on any atom is -0.494 e. The number of hydrogen-bond acceptors (Lipinski definition) is 6. The van der Waals surface area contributed by atoms with Gasteiger partial charge in [-0.2, -0.15) is 0 Å². The minimum absolute atomic E-state index is 0.623. The van der Waals surface area contributed by atoms with Gasteiger partial charge >= 0.3 is 0 Å². The van der Waals surface area contributed by atoms with Crippen molar-refractivity contribution in [1.82, 2.24) is 0 Å². The van der Waals surface area contributed by atoms with Crippen molar-refractivity contribution < 1.29 is 28.4 Å². The van der Waals surface area contributed by atoms with Gasteiger partial charge in [0.2, 0.25) is 0 Å². The van der Waals surface area contributed by atoms with Crippen LogP contribution in [0.3, 0.4) is 0 Å². The molecule has 4 aromatic rings. The molecule has 0 saturated carbocycles. The molecule has 0 N–H and O–H groups in total. The molecule has 0 aliphatic rings. The first-order chi connectivity index (χ1) is 23.5. The summed E-state index contributed by atoms with van der Waals surface area (Å²) >= 11 is 10.4. The highest BCUT2D eigenvalue weighted by Gasteiger charge is 2.06. The second-order valence-corrected chi connectivity index (χ2v) is 14.0. The molecule has 0 radical (unpaired) electrons. The molecule has 0 bridgehead atoms. The Labute approximate surface area is 310 Å². The van der Waals surface area contributed by atoms with E-state index in [1.54, 1.807) is 0 Å². The monoisotopic (exact) mass is 846 g/mol. The van der Waals surface area contributed by atoms with Crippen molar-refractivity contribution >= 4 is 47.8 Å². The quantitative estimate of drug-likeness (QED) is 0.0655. The van der Waals surface area contributed by atoms with E-state index in [1.165, 1.54) is 0 Å². The Morgan fingerprint density at radius 1 is 0.271 bits per heavy atom. The fourth-order valence-electron chi connectivity index (χ4n) is 4.67. The van der Waals surface area contributed by atoms with Gasteiger partial charge in [-0.1, -0.05) is 47.8 Å². The SMILES string of the molecule is Brc1ccc(OCCCCCOc2cc(OCCCCCOc3ccc(Br)cc3)cc(OCCCCCOc3ccc(Br)cc3)c2)cc1. The molecule has 4 aromatic carbocycles. The molecule has 0 atom stereocenters. The van der Waals surface area contributed by atoms with Crippen LogP contribution >= 0.6 is 47.8 Å². The van der Waals surface area contributed by atoms with Gasteiger partial charge in [0.1, 0.15) is 34.5 Å². The zero-order valence-electron chi connectivity index (χ0n) is 27.4. The molecule has 0 spiro atoms. The summed E-state index contributed by atoms with van der Waals surface area (Å²) in [6.45, 7) is 3.94. The van der Waals surface area contributed by atoms with E-state index in [0.29, 0.717) is 39.6 Å². The van der Waals surface area contributed by atoms with Crippen LogP contribution in [-0.2, 0) is 0 Å². The van der Waals surface area contributed by atoms with Gasteiger partial charge < -0.3 is 28.4 Å². The van der Waals surface area contributed by atoms with Crippen molar-refractivity contribution in [1.29, 1.82) is 0 Å². The summed E-state index contributed by atoms with van der Waals surface area (Å²) in [6, 6.07) is 29.6. The molecule has 0 aliphatic heterocycles. The second-order valence-electron chi connectivity index (χ2n) is 11.3. The van der Waals surface area contributed by atoms with Crippen molar-refractivity contribution in [3.05, 3.63) is 104 Å². The molecular formula is C39H45Br3O6. The lowest BCUT2D eigenvalue weighted by Crippen LogP contribution is -2.04. The van der Waals surface area contributed by atoms with Crippen molar-refractivity contribution in [2.45, 2.75) is 57.8 Å². The van der Waals surface area contributed by atoms with Gasteiger partial charge in [-0.25, -0.2) is 0 Å². The lowest BCUT2D eigenvalue weighted by molar-refractivity contribution is 0.263. The molecule has 0 aliphatic carbocycles. The smallest absolute Gasteiger partial charge is 0.126 e. The van der Waals surface area contributed by atoms with Crippen LogP contribution in [0.4, 0.5) is 0 Å². The van der Waals surface area contributed by atoms with Crippen LogP contribution in [0.5, 0.6) is 34.5 Å². The Hall–Kier alpha value is -2.88. The van der Waals surface area contributed by atoms with Gasteiger partial charge in [-0.3, -0.25) is 0 Å². The Balaban J connectivity index is 1.15. The van der Waals surface area contributed by atoms with Crippen LogP contribution in [0.2, 0.25) is 0 Å². The molecule has 6 nitrogen and oxygen atoms in total. The highest BCUT2D eigenvalue weighted by Crippen LogP contribution is 2.29. The number of halogens is 3. The predicted octanol–water partition coefficient (Wildman–Crippen LogP) is 11.9. The number of hydrogen-bond donors (Lipinski definition) is 0. The molecule has 0 unspecified atom stereocenters. The van der Waals surface area contributed by atoms with Crippen molar-refractivity contribution in [2.75, 3.05) is 39.6 Å². The van der Waals surface area contributed by atoms with Gasteiger partial charge in [0.15, 0.2) is 0 Å². The maximum atomic E-state index is 6.14. The molecule has 258 valence electrons. The maximum Gasteiger partial charge on any atom is 0.126 e. The average Bonchev–Trinajstić information content (AvgIpc) is 3.09. The first kappa shape index (κ1) is 37.9. The van der Waals surface area contributed by atoms with Gasteiger partial charge in [0.05, 0.1) is 39.6 Å². The Kier molecular flexibility index (Phi) is 17.9. The predicted molar refractivity (Wildman–Crippen MR) is 203 cm³/mol. The third-order valence-electron chi connectivity index (χ3n) is 7.27. The fourth-order valence-corrected chi connectivity index (χ4v) is 5.46. The van der Waals surface area contributed by atoms with E-state index < -0.39 is 0 Å². The molecule has 0 heterocycles. The van der Waals surface area contributed by atoms with E-state index in [2.05, 4.69) is 47.8 Å². The summed E-state index contributed by atoms with van der Waals surface area (Å²) in [7, 11) is 0. The van der Waals surface area contributed by atoms with E-state index >= 15 is 0 Å². The fraction of sp³-hybridized carbons (Fsp3) is 0.385. The van der Waals surface area contributed by atoms with Gasteiger partial charge in [0.25, 0.3) is 0 Å². The normalized spacial score (nSPS) is 10.8. The molecular weight excluding hydrogens is 804 g/mol. The maximum absolute atomic E-state index is 6.14. The molecule has 48 heavy (non-hydrogen) atoms. The number of unbranched alkanes of at least 4 members (excludes halogenated alkanes) is 6. The Morgan fingerprint density at radius 2 is 0.479 bits per heavy atom. The standard InChI is InChI=1S/C39H45Br3O6/c40-31-10-16-34(17-11-31)43-22-4-1-7-25-46-37-28-38(47-26-8-2-5-23-44-35-18-12-32(41)13-19-35)30-39(29-37)48-27-9-3-6-24-45-36-20-14-33(42)15-21-36/h10-21,28-30H,1-9,22-27H2. The second kappa shape index (κ2) is 22.7. The number of ether oxygens (including phenoxy) is 6. The van der Waals surface area contributed by atoms with E-state index in [-0.39, 0.29) is 0 Å². The Bertz CT molecular complexity index is 1240. The van der Waals surface area contributed by atoms with Crippen LogP contribution in [0, 0.1) is 0 Å². The van der Waals surface area contributed by atoms with Crippen molar-refractivity contribution in [2.24, 2.45) is 0 Å². The van der Waals surface area contributed by atoms with E-state index in [4.69, 9.17) is 28.4 Å². The Morgan fingerprint density at radius 3 is 0.708 bits per heavy atom. The minimum atomic E-state index is 0.623. The summed E-state index contributed by atoms with van der Waals surface area (Å²) < 4.78 is 39.0. The van der Waals surface area contributed by atoms with Gasteiger partial charge in [0, 0.05) is 31.6 Å².